The lowest BCUT2D eigenvalue weighted by Gasteiger charge is -2.35. The van der Waals surface area contributed by atoms with Gasteiger partial charge in [0.2, 0.25) is 0 Å². The number of carbonyl (C=O) groups is 2. The zero-order valence-electron chi connectivity index (χ0n) is 17.7. The average molecular weight is 471 g/mol. The van der Waals surface area contributed by atoms with Crippen molar-refractivity contribution < 1.29 is 32.6 Å². The first kappa shape index (κ1) is 23.2. The molecule has 3 N–H and O–H groups in total. The standard InChI is InChI=1S/C24H20F3N3O4/c25-17-10-14(6-8-16(17)22(31)32)20-21(28)29-12-18(30-20)15-7-9-19(24(26,27)11-15)34-23(33)13-4-2-1-3-5-13/h1-6,8,10,12,15,19H,7,9,11H2,(H2,28,29)(H,31,32)/t15-,19?/m0/s1. The van der Waals surface area contributed by atoms with E-state index in [9.17, 15) is 22.8 Å². The largest absolute Gasteiger partial charge is 0.478 e. The lowest BCUT2D eigenvalue weighted by Crippen LogP contribution is -2.42. The van der Waals surface area contributed by atoms with Gasteiger partial charge in [0.25, 0.3) is 5.92 Å². The smallest absolute Gasteiger partial charge is 0.338 e. The molecular formula is C24H20F3N3O4. The van der Waals surface area contributed by atoms with Gasteiger partial charge in [-0.15, -0.1) is 0 Å². The van der Waals surface area contributed by atoms with Crippen molar-refractivity contribution in [2.75, 3.05) is 5.73 Å². The minimum Gasteiger partial charge on any atom is -0.478 e. The van der Waals surface area contributed by atoms with Gasteiger partial charge in [-0.25, -0.2) is 32.7 Å². The second-order valence-corrected chi connectivity index (χ2v) is 8.03. The molecule has 0 amide bonds. The van der Waals surface area contributed by atoms with Crippen molar-refractivity contribution in [2.24, 2.45) is 0 Å². The molecule has 0 bridgehead atoms. The van der Waals surface area contributed by atoms with Crippen molar-refractivity contribution in [1.29, 1.82) is 0 Å². The van der Waals surface area contributed by atoms with Crippen LogP contribution in [0.3, 0.4) is 0 Å². The number of carbonyl (C=O) groups excluding carboxylic acids is 1. The number of anilines is 1. The van der Waals surface area contributed by atoms with E-state index in [0.29, 0.717) is 0 Å². The molecule has 3 aromatic rings. The Balaban J connectivity index is 1.53. The number of nitrogens with two attached hydrogens (primary N) is 1. The molecule has 1 fully saturated rings. The van der Waals surface area contributed by atoms with Crippen LogP contribution in [0.4, 0.5) is 19.0 Å². The molecule has 1 aliphatic carbocycles. The fraction of sp³-hybridized carbons (Fsp3) is 0.250. The summed E-state index contributed by atoms with van der Waals surface area (Å²) in [6, 6.07) is 11.3. The van der Waals surface area contributed by atoms with Crippen molar-refractivity contribution in [1.82, 2.24) is 9.97 Å². The maximum Gasteiger partial charge on any atom is 0.338 e. The number of hydrogen-bond acceptors (Lipinski definition) is 6. The van der Waals surface area contributed by atoms with Crippen LogP contribution in [0.1, 0.15) is 51.6 Å². The third-order valence-corrected chi connectivity index (χ3v) is 5.74. The zero-order valence-corrected chi connectivity index (χ0v) is 17.7. The summed E-state index contributed by atoms with van der Waals surface area (Å²) in [6.07, 6.45) is -0.732. The van der Waals surface area contributed by atoms with E-state index in [1.807, 2.05) is 0 Å². The van der Waals surface area contributed by atoms with Crippen LogP contribution >= 0.6 is 0 Å². The van der Waals surface area contributed by atoms with Crippen molar-refractivity contribution in [3.8, 4) is 11.3 Å². The lowest BCUT2D eigenvalue weighted by atomic mass is 9.82. The number of carboxylic acid groups (broad SMARTS) is 1. The molecular weight excluding hydrogens is 451 g/mol. The minimum absolute atomic E-state index is 0.0523. The molecule has 1 unspecified atom stereocenters. The first-order valence-corrected chi connectivity index (χ1v) is 10.4. The van der Waals surface area contributed by atoms with Gasteiger partial charge in [-0.2, -0.15) is 0 Å². The lowest BCUT2D eigenvalue weighted by molar-refractivity contribution is -0.140. The minimum atomic E-state index is -3.30. The van der Waals surface area contributed by atoms with Crippen LogP contribution in [0, 0.1) is 5.82 Å². The number of halogens is 3. The summed E-state index contributed by atoms with van der Waals surface area (Å²) in [5, 5.41) is 8.99. The zero-order chi connectivity index (χ0) is 24.5. The molecule has 2 atom stereocenters. The molecule has 1 heterocycles. The summed E-state index contributed by atoms with van der Waals surface area (Å²) in [4.78, 5) is 31.6. The molecule has 4 rings (SSSR count). The highest BCUT2D eigenvalue weighted by Crippen LogP contribution is 2.43. The summed E-state index contributed by atoms with van der Waals surface area (Å²) in [5.41, 5.74) is 6.01. The van der Waals surface area contributed by atoms with E-state index in [0.717, 1.165) is 12.1 Å². The van der Waals surface area contributed by atoms with Crippen LogP contribution in [-0.4, -0.2) is 39.0 Å². The molecule has 2 aromatic carbocycles. The van der Waals surface area contributed by atoms with Gasteiger partial charge in [0, 0.05) is 17.9 Å². The highest BCUT2D eigenvalue weighted by molar-refractivity contribution is 5.89. The first-order valence-electron chi connectivity index (χ1n) is 10.4. The van der Waals surface area contributed by atoms with Crippen LogP contribution in [0.5, 0.6) is 0 Å². The number of aromatic carboxylic acids is 1. The van der Waals surface area contributed by atoms with Crippen LogP contribution in [0.25, 0.3) is 11.3 Å². The van der Waals surface area contributed by atoms with Gasteiger partial charge in [-0.3, -0.25) is 0 Å². The first-order chi connectivity index (χ1) is 16.2. The Bertz CT molecular complexity index is 1240. The third-order valence-electron chi connectivity index (χ3n) is 5.74. The Morgan fingerprint density at radius 2 is 1.85 bits per heavy atom. The number of nitrogens with zero attached hydrogens (tertiary/aromatic N) is 2. The van der Waals surface area contributed by atoms with E-state index in [4.69, 9.17) is 15.6 Å². The summed E-state index contributed by atoms with van der Waals surface area (Å²) in [6.45, 7) is 0. The number of aromatic nitrogens is 2. The Hall–Kier alpha value is -3.95. The van der Waals surface area contributed by atoms with Crippen LogP contribution < -0.4 is 5.73 Å². The number of hydrogen-bond donors (Lipinski definition) is 2. The fourth-order valence-corrected chi connectivity index (χ4v) is 3.95. The summed E-state index contributed by atoms with van der Waals surface area (Å²) in [5.74, 6) is -7.27. The number of benzene rings is 2. The summed E-state index contributed by atoms with van der Waals surface area (Å²) >= 11 is 0. The SMILES string of the molecule is Nc1ncc([C@H]2CCC(OC(=O)c3ccccc3)C(F)(F)C2)nc1-c1ccc(C(=O)O)c(F)c1. The number of nitrogen functional groups attached to an aromatic ring is 1. The Morgan fingerprint density at radius 1 is 1.12 bits per heavy atom. The fourth-order valence-electron chi connectivity index (χ4n) is 3.95. The average Bonchev–Trinajstić information content (AvgIpc) is 2.80. The monoisotopic (exact) mass is 471 g/mol. The molecule has 0 spiro atoms. The second-order valence-electron chi connectivity index (χ2n) is 8.03. The maximum absolute atomic E-state index is 14.9. The molecule has 0 aliphatic heterocycles. The molecule has 176 valence electrons. The number of esters is 1. The van der Waals surface area contributed by atoms with Crippen LogP contribution in [0.15, 0.2) is 54.7 Å². The predicted octanol–water partition coefficient (Wildman–Crippen LogP) is 4.69. The van der Waals surface area contributed by atoms with Gasteiger partial charge >= 0.3 is 11.9 Å². The molecule has 10 heteroatoms. The van der Waals surface area contributed by atoms with E-state index < -0.39 is 47.7 Å². The third kappa shape index (κ3) is 4.70. The molecule has 1 saturated carbocycles. The van der Waals surface area contributed by atoms with Gasteiger partial charge in [-0.1, -0.05) is 24.3 Å². The number of alkyl halides is 2. The van der Waals surface area contributed by atoms with E-state index in [2.05, 4.69) is 9.97 Å². The van der Waals surface area contributed by atoms with Gasteiger partial charge in [0.05, 0.1) is 23.0 Å². The highest BCUT2D eigenvalue weighted by Gasteiger charge is 2.48. The quantitative estimate of drug-likeness (QED) is 0.519. The number of ether oxygens (including phenoxy) is 1. The van der Waals surface area contributed by atoms with Gasteiger partial charge < -0.3 is 15.6 Å². The number of carboxylic acids is 1. The summed E-state index contributed by atoms with van der Waals surface area (Å²) < 4.78 is 49.0. The van der Waals surface area contributed by atoms with Crippen LogP contribution in [-0.2, 0) is 4.74 Å². The van der Waals surface area contributed by atoms with Gasteiger partial charge in [-0.05, 0) is 37.1 Å². The molecule has 7 nitrogen and oxygen atoms in total. The van der Waals surface area contributed by atoms with Gasteiger partial charge in [0.15, 0.2) is 6.10 Å². The van der Waals surface area contributed by atoms with Gasteiger partial charge in [0.1, 0.15) is 17.3 Å². The normalized spacial score (nSPS) is 19.4. The van der Waals surface area contributed by atoms with Crippen molar-refractivity contribution in [3.63, 3.8) is 0 Å². The molecule has 0 radical (unpaired) electrons. The highest BCUT2D eigenvalue weighted by atomic mass is 19.3. The van der Waals surface area contributed by atoms with Crippen molar-refractivity contribution in [2.45, 2.75) is 37.2 Å². The molecule has 1 aliphatic rings. The molecule has 1 aromatic heterocycles. The molecule has 34 heavy (non-hydrogen) atoms. The van der Waals surface area contributed by atoms with Crippen LogP contribution in [0.2, 0.25) is 0 Å². The number of rotatable bonds is 5. The Morgan fingerprint density at radius 3 is 2.50 bits per heavy atom. The van der Waals surface area contributed by atoms with E-state index in [1.165, 1.54) is 24.4 Å². The molecule has 0 saturated heterocycles. The van der Waals surface area contributed by atoms with Crippen molar-refractivity contribution in [3.05, 3.63) is 77.4 Å². The second kappa shape index (κ2) is 9.12. The summed E-state index contributed by atoms with van der Waals surface area (Å²) in [7, 11) is 0. The van der Waals surface area contributed by atoms with E-state index in [-0.39, 0.29) is 41.2 Å². The Labute approximate surface area is 192 Å². The van der Waals surface area contributed by atoms with E-state index >= 15 is 0 Å². The predicted molar refractivity (Wildman–Crippen MR) is 116 cm³/mol. The Kier molecular flexibility index (Phi) is 6.23. The maximum atomic E-state index is 14.9. The van der Waals surface area contributed by atoms with Crippen molar-refractivity contribution >= 4 is 17.8 Å². The topological polar surface area (TPSA) is 115 Å². The van der Waals surface area contributed by atoms with E-state index in [1.54, 1.807) is 18.2 Å².